The summed E-state index contributed by atoms with van der Waals surface area (Å²) in [5.74, 6) is 0. The van der Waals surface area contributed by atoms with Crippen molar-refractivity contribution in [1.29, 1.82) is 0 Å². The van der Waals surface area contributed by atoms with Crippen molar-refractivity contribution in [3.63, 3.8) is 0 Å². The summed E-state index contributed by atoms with van der Waals surface area (Å²) in [6.45, 7) is 0. The highest BCUT2D eigenvalue weighted by molar-refractivity contribution is 7.26. The normalized spacial score (nSPS) is 11.7. The Labute approximate surface area is 699 Å². The Morgan fingerprint density at radius 1 is 0.175 bits per heavy atom. The second kappa shape index (κ2) is 29.3. The van der Waals surface area contributed by atoms with E-state index in [1.165, 1.54) is 52.5 Å². The van der Waals surface area contributed by atoms with E-state index in [4.69, 9.17) is 0 Å². The molecule has 0 aliphatic heterocycles. The highest BCUT2D eigenvalue weighted by atomic mass is 32.1. The maximum Gasteiger partial charge on any atom is 0.0640 e. The SMILES string of the molecule is c1ccc(-c2ccccc2-c2c(-c3ccccc3)cccc2N(c2cccc(-n3c4ccccc4c4ccccc43)c2)c2cccc3c2sc2ccc(-c4ccccc4-c4ccccc4-c4c(-c5ccccc5)cccc4N(c4cccc(-n5c6ccccc6c6ccccc65)c4)c4ccc5c6ccccc6n(-c6ccccc6)c5c4)cc23)cc1. The van der Waals surface area contributed by atoms with Gasteiger partial charge in [-0.2, -0.15) is 0 Å². The summed E-state index contributed by atoms with van der Waals surface area (Å²) in [5.41, 5.74) is 32.3. The van der Waals surface area contributed by atoms with Gasteiger partial charge < -0.3 is 23.5 Å². The molecule has 23 aromatic rings. The Hall–Kier alpha value is -15.6. The van der Waals surface area contributed by atoms with E-state index in [1.54, 1.807) is 0 Å². The van der Waals surface area contributed by atoms with Crippen molar-refractivity contribution < 1.29 is 0 Å². The van der Waals surface area contributed by atoms with Crippen molar-refractivity contribution in [2.45, 2.75) is 0 Å². The summed E-state index contributed by atoms with van der Waals surface area (Å²) >= 11 is 1.87. The molecule has 0 aliphatic rings. The van der Waals surface area contributed by atoms with E-state index in [1.807, 2.05) is 11.3 Å². The van der Waals surface area contributed by atoms with Gasteiger partial charge in [0.15, 0.2) is 0 Å². The smallest absolute Gasteiger partial charge is 0.0640 e. The van der Waals surface area contributed by atoms with Gasteiger partial charge in [-0.3, -0.25) is 0 Å². The Bertz CT molecular complexity index is 7820. The quantitative estimate of drug-likeness (QED) is 0.0961. The van der Waals surface area contributed by atoms with E-state index in [2.05, 4.69) is 478 Å². The second-order valence-electron chi connectivity index (χ2n) is 30.9. The molecule has 0 saturated carbocycles. The fourth-order valence-corrected chi connectivity index (χ4v) is 20.3. The molecule has 6 heteroatoms. The average Bonchev–Trinajstić information content (AvgIpc) is 1.36. The molecule has 4 aromatic heterocycles. The van der Waals surface area contributed by atoms with Crippen LogP contribution in [-0.4, -0.2) is 13.7 Å². The van der Waals surface area contributed by atoms with Crippen LogP contribution >= 0.6 is 11.3 Å². The van der Waals surface area contributed by atoms with E-state index in [0.717, 1.165) is 162 Å². The number of para-hydroxylation sites is 6. The number of thiophene rings is 1. The Balaban J connectivity index is 0.721. The third-order valence-electron chi connectivity index (χ3n) is 24.2. The van der Waals surface area contributed by atoms with Crippen molar-refractivity contribution in [2.24, 2.45) is 0 Å². The Morgan fingerprint density at radius 3 is 1.02 bits per heavy atom. The predicted octanol–water partition coefficient (Wildman–Crippen LogP) is 32.0. The summed E-state index contributed by atoms with van der Waals surface area (Å²) in [5, 5.41) is 9.66. The fourth-order valence-electron chi connectivity index (χ4n) is 19.1. The molecule has 0 saturated heterocycles. The highest BCUT2D eigenvalue weighted by Crippen LogP contribution is 2.55. The molecule has 0 atom stereocenters. The molecule has 120 heavy (non-hydrogen) atoms. The van der Waals surface area contributed by atoms with Crippen molar-refractivity contribution in [2.75, 3.05) is 9.80 Å². The van der Waals surface area contributed by atoms with Gasteiger partial charge in [0.25, 0.3) is 0 Å². The van der Waals surface area contributed by atoms with Crippen molar-refractivity contribution >= 4 is 131 Å². The number of hydrogen-bond acceptors (Lipinski definition) is 3. The zero-order valence-electron chi connectivity index (χ0n) is 65.4. The number of nitrogens with zero attached hydrogens (tertiary/aromatic N) is 5. The minimum absolute atomic E-state index is 1.02. The first kappa shape index (κ1) is 69.9. The van der Waals surface area contributed by atoms with Crippen LogP contribution < -0.4 is 9.80 Å². The van der Waals surface area contributed by atoms with Gasteiger partial charge in [-0.25, -0.2) is 0 Å². The molecule has 0 amide bonds. The fraction of sp³-hybridized carbons (Fsp3) is 0. The lowest BCUT2D eigenvalue weighted by atomic mass is 9.85. The third kappa shape index (κ3) is 11.7. The van der Waals surface area contributed by atoms with E-state index < -0.39 is 0 Å². The van der Waals surface area contributed by atoms with Gasteiger partial charge in [-0.15, -0.1) is 11.3 Å². The second-order valence-corrected chi connectivity index (χ2v) is 32.0. The van der Waals surface area contributed by atoms with Gasteiger partial charge in [0.2, 0.25) is 0 Å². The van der Waals surface area contributed by atoms with Crippen LogP contribution in [0.3, 0.4) is 0 Å². The first-order valence-corrected chi connectivity index (χ1v) is 41.9. The lowest BCUT2D eigenvalue weighted by Crippen LogP contribution is -2.13. The van der Waals surface area contributed by atoms with E-state index >= 15 is 0 Å². The lowest BCUT2D eigenvalue weighted by molar-refractivity contribution is 1.16. The van der Waals surface area contributed by atoms with Crippen LogP contribution in [0.15, 0.2) is 455 Å². The number of hydrogen-bond donors (Lipinski definition) is 0. The van der Waals surface area contributed by atoms with Crippen LogP contribution in [-0.2, 0) is 0 Å². The number of fused-ring (bicyclic) bond motifs is 12. The molecule has 23 rings (SSSR count). The molecule has 19 aromatic carbocycles. The molecule has 0 fully saturated rings. The van der Waals surface area contributed by atoms with Gasteiger partial charge in [-0.1, -0.05) is 334 Å². The maximum atomic E-state index is 2.56. The number of anilines is 6. The largest absolute Gasteiger partial charge is 0.310 e. The lowest BCUT2D eigenvalue weighted by Gasteiger charge is -2.30. The van der Waals surface area contributed by atoms with Crippen molar-refractivity contribution in [1.82, 2.24) is 13.7 Å². The molecule has 0 radical (unpaired) electrons. The zero-order valence-corrected chi connectivity index (χ0v) is 66.3. The first-order valence-electron chi connectivity index (χ1n) is 41.1. The molecule has 562 valence electrons. The molecule has 4 heterocycles. The van der Waals surface area contributed by atoms with Gasteiger partial charge in [-0.05, 0) is 188 Å². The Morgan fingerprint density at radius 2 is 0.508 bits per heavy atom. The standard InChI is InChI=1S/C114H75N5S/c1-5-34-76(35-6-1)86-46-14-17-55-98(86)112-88(77-36-7-2-8-37-77)58-32-66-108(112)119(84-45-30-44-83(74-84)118-105-63-27-21-52-94(105)95-53-22-28-64-106(95)118)109-67-33-59-100-101-72-79(68-71-111(101)120-114(100)109)87-47-13-15-48-90(87)91-49-16-18-56-99(91)113-89(78-38-9-3-10-39-78)57-31-65-107(113)115(81-42-29-43-82(73-81)117-103-61-25-19-50-92(103)93-51-20-26-62-104(93)117)85-69-70-97-96-54-23-24-60-102(96)116(110(97)75-85)80-40-11-4-12-41-80/h1-75H. The first-order chi connectivity index (χ1) is 59.6. The number of benzene rings is 19. The third-order valence-corrected chi connectivity index (χ3v) is 25.5. The minimum atomic E-state index is 1.02. The van der Waals surface area contributed by atoms with E-state index in [-0.39, 0.29) is 0 Å². The van der Waals surface area contributed by atoms with E-state index in [0.29, 0.717) is 0 Å². The van der Waals surface area contributed by atoms with Crippen LogP contribution in [0.1, 0.15) is 0 Å². The highest BCUT2D eigenvalue weighted by Gasteiger charge is 2.30. The molecule has 0 aliphatic carbocycles. The van der Waals surface area contributed by atoms with Crippen LogP contribution in [0.2, 0.25) is 0 Å². The van der Waals surface area contributed by atoms with Crippen LogP contribution in [0.4, 0.5) is 34.1 Å². The van der Waals surface area contributed by atoms with Gasteiger partial charge >= 0.3 is 0 Å². The Kier molecular flexibility index (Phi) is 17.1. The van der Waals surface area contributed by atoms with Crippen molar-refractivity contribution in [3.05, 3.63) is 455 Å². The summed E-state index contributed by atoms with van der Waals surface area (Å²) in [6, 6.07) is 168. The summed E-state index contributed by atoms with van der Waals surface area (Å²) in [6.07, 6.45) is 0. The zero-order chi connectivity index (χ0) is 79.1. The number of aromatic nitrogens is 3. The summed E-state index contributed by atoms with van der Waals surface area (Å²) in [7, 11) is 0. The van der Waals surface area contributed by atoms with Crippen LogP contribution in [0.5, 0.6) is 0 Å². The number of rotatable bonds is 16. The molecular weight excluding hydrogens is 1470 g/mol. The van der Waals surface area contributed by atoms with Gasteiger partial charge in [0.1, 0.15) is 0 Å². The average molecular weight is 1550 g/mol. The maximum absolute atomic E-state index is 2.56. The summed E-state index contributed by atoms with van der Waals surface area (Å²) in [4.78, 5) is 5.08. The van der Waals surface area contributed by atoms with Crippen LogP contribution in [0.25, 0.3) is 181 Å². The van der Waals surface area contributed by atoms with Gasteiger partial charge in [0, 0.05) is 93.0 Å². The van der Waals surface area contributed by atoms with Crippen LogP contribution in [0, 0.1) is 0 Å². The molecule has 0 spiro atoms. The van der Waals surface area contributed by atoms with Crippen molar-refractivity contribution in [3.8, 4) is 95.0 Å². The predicted molar refractivity (Wildman–Crippen MR) is 510 cm³/mol. The monoisotopic (exact) mass is 1550 g/mol. The summed E-state index contributed by atoms with van der Waals surface area (Å²) < 4.78 is 9.70. The van der Waals surface area contributed by atoms with E-state index in [9.17, 15) is 0 Å². The molecule has 0 bridgehead atoms. The minimum Gasteiger partial charge on any atom is -0.310 e. The molecule has 0 unspecified atom stereocenters. The molecular formula is C114H75N5S. The molecule has 5 nitrogen and oxygen atoms in total. The molecule has 0 N–H and O–H groups in total. The van der Waals surface area contributed by atoms with Gasteiger partial charge in [0.05, 0.1) is 54.9 Å². The topological polar surface area (TPSA) is 21.3 Å².